The van der Waals surface area contributed by atoms with E-state index < -0.39 is 6.04 Å². The molecule has 5 nitrogen and oxygen atoms in total. The molecule has 0 saturated carbocycles. The van der Waals surface area contributed by atoms with Crippen LogP contribution in [-0.2, 0) is 9.59 Å². The third-order valence-electron chi connectivity index (χ3n) is 2.57. The molecular weight excluding hydrogens is 230 g/mol. The number of halogens is 1. The lowest BCUT2D eigenvalue weighted by Crippen LogP contribution is -2.57. The van der Waals surface area contributed by atoms with Gasteiger partial charge >= 0.3 is 0 Å². The van der Waals surface area contributed by atoms with Gasteiger partial charge in [0.05, 0.1) is 0 Å². The highest BCUT2D eigenvalue weighted by atomic mass is 35.5. The molecule has 1 aliphatic rings. The van der Waals surface area contributed by atoms with Gasteiger partial charge in [0, 0.05) is 32.6 Å². The first kappa shape index (κ1) is 15.2. The summed E-state index contributed by atoms with van der Waals surface area (Å²) < 4.78 is 0. The van der Waals surface area contributed by atoms with Crippen molar-refractivity contribution in [3.8, 4) is 0 Å². The number of piperazine rings is 1. The molecule has 0 aromatic heterocycles. The normalized spacial score (nSPS) is 21.9. The zero-order valence-corrected chi connectivity index (χ0v) is 10.8. The number of rotatable bonds is 2. The van der Waals surface area contributed by atoms with Crippen molar-refractivity contribution in [1.82, 2.24) is 15.5 Å². The number of carbonyl (C=O) groups excluding carboxylic acids is 2. The Morgan fingerprint density at radius 2 is 2.12 bits per heavy atom. The molecule has 2 N–H and O–H groups in total. The van der Waals surface area contributed by atoms with E-state index in [1.165, 1.54) is 6.92 Å². The molecule has 1 saturated heterocycles. The lowest BCUT2D eigenvalue weighted by molar-refractivity contribution is -0.138. The predicted octanol–water partition coefficient (Wildman–Crippen LogP) is -0.247. The largest absolute Gasteiger partial charge is 0.345 e. The van der Waals surface area contributed by atoms with E-state index in [2.05, 4.69) is 10.6 Å². The molecule has 2 amide bonds. The molecule has 2 unspecified atom stereocenters. The molecule has 1 heterocycles. The number of carbonyl (C=O) groups is 2. The fourth-order valence-corrected chi connectivity index (χ4v) is 1.78. The van der Waals surface area contributed by atoms with Crippen LogP contribution in [0.5, 0.6) is 0 Å². The number of hydrogen-bond donors (Lipinski definition) is 2. The molecule has 1 fully saturated rings. The van der Waals surface area contributed by atoms with Gasteiger partial charge in [0.2, 0.25) is 11.8 Å². The molecular formula is C10H20ClN3O2. The molecule has 1 aliphatic heterocycles. The minimum absolute atomic E-state index is 0. The Hall–Kier alpha value is -0.810. The van der Waals surface area contributed by atoms with Crippen LogP contribution in [0.1, 0.15) is 20.8 Å². The van der Waals surface area contributed by atoms with Crippen LogP contribution in [0.4, 0.5) is 0 Å². The Kier molecular flexibility index (Phi) is 6.36. The van der Waals surface area contributed by atoms with Gasteiger partial charge in [-0.1, -0.05) is 0 Å². The summed E-state index contributed by atoms with van der Waals surface area (Å²) in [6, 6.07) is -0.231. The van der Waals surface area contributed by atoms with Crippen LogP contribution in [0.15, 0.2) is 0 Å². The van der Waals surface area contributed by atoms with Crippen molar-refractivity contribution in [2.24, 2.45) is 0 Å². The maximum Gasteiger partial charge on any atom is 0.245 e. The highest BCUT2D eigenvalue weighted by Crippen LogP contribution is 2.04. The van der Waals surface area contributed by atoms with Crippen molar-refractivity contribution in [3.63, 3.8) is 0 Å². The third kappa shape index (κ3) is 3.98. The van der Waals surface area contributed by atoms with Crippen molar-refractivity contribution in [2.75, 3.05) is 19.6 Å². The number of nitrogens with zero attached hydrogens (tertiary/aromatic N) is 1. The summed E-state index contributed by atoms with van der Waals surface area (Å²) in [7, 11) is 0. The molecule has 16 heavy (non-hydrogen) atoms. The Balaban J connectivity index is 0.00000225. The second-order valence-corrected chi connectivity index (χ2v) is 4.01. The monoisotopic (exact) mass is 249 g/mol. The van der Waals surface area contributed by atoms with E-state index in [-0.39, 0.29) is 30.3 Å². The summed E-state index contributed by atoms with van der Waals surface area (Å²) in [5, 5.41) is 5.83. The van der Waals surface area contributed by atoms with Crippen molar-refractivity contribution in [3.05, 3.63) is 0 Å². The minimum atomic E-state index is -0.428. The number of amides is 2. The average Bonchev–Trinajstić information content (AvgIpc) is 2.16. The van der Waals surface area contributed by atoms with E-state index in [1.807, 2.05) is 11.8 Å². The van der Waals surface area contributed by atoms with E-state index >= 15 is 0 Å². The summed E-state index contributed by atoms with van der Waals surface area (Å²) in [6.07, 6.45) is 0. The van der Waals surface area contributed by atoms with Gasteiger partial charge < -0.3 is 15.5 Å². The van der Waals surface area contributed by atoms with Crippen molar-refractivity contribution in [1.29, 1.82) is 0 Å². The van der Waals surface area contributed by atoms with E-state index in [9.17, 15) is 9.59 Å². The van der Waals surface area contributed by atoms with Gasteiger partial charge in [-0.05, 0) is 13.8 Å². The van der Waals surface area contributed by atoms with Crippen molar-refractivity contribution >= 4 is 24.2 Å². The Labute approximate surface area is 102 Å². The molecule has 0 aromatic rings. The molecule has 94 valence electrons. The Bertz CT molecular complexity index is 260. The highest BCUT2D eigenvalue weighted by Gasteiger charge is 2.26. The summed E-state index contributed by atoms with van der Waals surface area (Å²) >= 11 is 0. The predicted molar refractivity (Wildman–Crippen MR) is 64.6 cm³/mol. The molecule has 2 atom stereocenters. The van der Waals surface area contributed by atoms with Crippen LogP contribution < -0.4 is 10.6 Å². The van der Waals surface area contributed by atoms with Crippen LogP contribution in [0.3, 0.4) is 0 Å². The summed E-state index contributed by atoms with van der Waals surface area (Å²) in [5.41, 5.74) is 0. The summed E-state index contributed by atoms with van der Waals surface area (Å²) in [5.74, 6) is -0.169. The second-order valence-electron chi connectivity index (χ2n) is 4.01. The number of nitrogens with one attached hydrogen (secondary N) is 2. The van der Waals surface area contributed by atoms with E-state index in [1.54, 1.807) is 6.92 Å². The quantitative estimate of drug-likeness (QED) is 0.710. The van der Waals surface area contributed by atoms with Crippen LogP contribution in [0.2, 0.25) is 0 Å². The van der Waals surface area contributed by atoms with Gasteiger partial charge in [0.15, 0.2) is 0 Å². The van der Waals surface area contributed by atoms with Crippen LogP contribution >= 0.6 is 12.4 Å². The molecule has 0 spiro atoms. The first-order valence-electron chi connectivity index (χ1n) is 5.30. The SMILES string of the molecule is CC(=O)NC(C)C(=O)N1CCNCC1C.Cl. The van der Waals surface area contributed by atoms with E-state index in [0.717, 1.165) is 13.1 Å². The molecule has 0 radical (unpaired) electrons. The van der Waals surface area contributed by atoms with Gasteiger partial charge in [-0.25, -0.2) is 0 Å². The lowest BCUT2D eigenvalue weighted by Gasteiger charge is -2.35. The fourth-order valence-electron chi connectivity index (χ4n) is 1.78. The first-order valence-corrected chi connectivity index (χ1v) is 5.30. The van der Waals surface area contributed by atoms with Gasteiger partial charge in [0.25, 0.3) is 0 Å². The third-order valence-corrected chi connectivity index (χ3v) is 2.57. The van der Waals surface area contributed by atoms with Gasteiger partial charge in [0.1, 0.15) is 6.04 Å². The zero-order chi connectivity index (χ0) is 11.4. The van der Waals surface area contributed by atoms with Gasteiger partial charge in [-0.3, -0.25) is 9.59 Å². The van der Waals surface area contributed by atoms with E-state index in [0.29, 0.717) is 6.54 Å². The Morgan fingerprint density at radius 1 is 1.50 bits per heavy atom. The minimum Gasteiger partial charge on any atom is -0.345 e. The van der Waals surface area contributed by atoms with Gasteiger partial charge in [-0.2, -0.15) is 0 Å². The topological polar surface area (TPSA) is 61.4 Å². The average molecular weight is 250 g/mol. The fraction of sp³-hybridized carbons (Fsp3) is 0.800. The molecule has 6 heteroatoms. The van der Waals surface area contributed by atoms with Crippen LogP contribution in [0, 0.1) is 0 Å². The molecule has 0 bridgehead atoms. The summed E-state index contributed by atoms with van der Waals surface area (Å²) in [6.45, 7) is 7.50. The lowest BCUT2D eigenvalue weighted by atomic mass is 10.2. The Morgan fingerprint density at radius 3 is 2.62 bits per heavy atom. The van der Waals surface area contributed by atoms with E-state index in [4.69, 9.17) is 0 Å². The van der Waals surface area contributed by atoms with Crippen LogP contribution in [0.25, 0.3) is 0 Å². The highest BCUT2D eigenvalue weighted by molar-refractivity contribution is 5.86. The summed E-state index contributed by atoms with van der Waals surface area (Å²) in [4.78, 5) is 24.6. The molecule has 0 aliphatic carbocycles. The van der Waals surface area contributed by atoms with Crippen molar-refractivity contribution in [2.45, 2.75) is 32.9 Å². The maximum atomic E-state index is 11.9. The van der Waals surface area contributed by atoms with Crippen molar-refractivity contribution < 1.29 is 9.59 Å². The standard InChI is InChI=1S/C10H19N3O2.ClH/c1-7-6-11-4-5-13(7)10(15)8(2)12-9(3)14;/h7-8,11H,4-6H2,1-3H3,(H,12,14);1H. The first-order chi connectivity index (χ1) is 7.02. The molecule has 1 rings (SSSR count). The zero-order valence-electron chi connectivity index (χ0n) is 9.95. The maximum absolute atomic E-state index is 11.9. The van der Waals surface area contributed by atoms with Gasteiger partial charge in [-0.15, -0.1) is 12.4 Å². The number of hydrogen-bond acceptors (Lipinski definition) is 3. The second kappa shape index (κ2) is 6.70. The van der Waals surface area contributed by atoms with Crippen LogP contribution in [-0.4, -0.2) is 48.4 Å². The molecule has 0 aromatic carbocycles. The smallest absolute Gasteiger partial charge is 0.245 e.